The molecule has 46 heavy (non-hydrogen) atoms. The maximum atomic E-state index is 6.72. The number of aromatic nitrogens is 1. The SMILES string of the molecule is C1=CCC2C(=C1)c1ccccc1N2c1cc2c3ccc4c5ccccc5oc4c3n3c2c(c1)c1ccc2c4ccccc4oc2c13. The van der Waals surface area contributed by atoms with Crippen LogP contribution in [0.2, 0.25) is 0 Å². The summed E-state index contributed by atoms with van der Waals surface area (Å²) in [6.07, 6.45) is 7.77. The number of hydrogen-bond acceptors (Lipinski definition) is 3. The first-order valence-electron chi connectivity index (χ1n) is 16.0. The zero-order valence-corrected chi connectivity index (χ0v) is 24.6. The molecule has 0 spiro atoms. The molecule has 1 aliphatic heterocycles. The summed E-state index contributed by atoms with van der Waals surface area (Å²) in [7, 11) is 0. The Bertz CT molecular complexity index is 2860. The van der Waals surface area contributed by atoms with E-state index in [4.69, 9.17) is 8.83 Å². The van der Waals surface area contributed by atoms with Gasteiger partial charge >= 0.3 is 0 Å². The molecule has 2 aliphatic rings. The third-order valence-electron chi connectivity index (χ3n) is 10.6. The molecule has 0 N–H and O–H groups in total. The van der Waals surface area contributed by atoms with E-state index in [1.54, 1.807) is 0 Å². The van der Waals surface area contributed by atoms with Crippen molar-refractivity contribution in [2.45, 2.75) is 12.5 Å². The molecule has 0 radical (unpaired) electrons. The second-order valence-corrected chi connectivity index (χ2v) is 12.8. The number of nitrogens with zero attached hydrogens (tertiary/aromatic N) is 2. The third kappa shape index (κ3) is 2.65. The lowest BCUT2D eigenvalue weighted by molar-refractivity contribution is 0.670. The standard InChI is InChI=1S/C42H24N2O2/c1-5-13-34-24(9-1)25-10-2-6-14-35(25)43(34)23-21-32-28-17-19-30-26-11-3-7-15-36(26)45-41(30)39(28)44-38(32)33(22-23)29-18-20-31-27-12-4-8-16-37(27)46-42(31)40(29)44/h1-13,15-22,35H,14H2. The smallest absolute Gasteiger partial charge is 0.160 e. The summed E-state index contributed by atoms with van der Waals surface area (Å²) >= 11 is 0. The summed E-state index contributed by atoms with van der Waals surface area (Å²) < 4.78 is 15.9. The fourth-order valence-corrected chi connectivity index (χ4v) is 8.72. The molecule has 1 atom stereocenters. The van der Waals surface area contributed by atoms with Crippen molar-refractivity contribution in [2.24, 2.45) is 0 Å². The highest BCUT2D eigenvalue weighted by molar-refractivity contribution is 6.32. The first-order chi connectivity index (χ1) is 22.8. The van der Waals surface area contributed by atoms with Gasteiger partial charge in [0, 0.05) is 60.0 Å². The maximum absolute atomic E-state index is 6.72. The highest BCUT2D eigenvalue weighted by Crippen LogP contribution is 2.51. The van der Waals surface area contributed by atoms with Gasteiger partial charge in [-0.15, -0.1) is 0 Å². The van der Waals surface area contributed by atoms with Gasteiger partial charge in [-0.2, -0.15) is 0 Å². The van der Waals surface area contributed by atoms with E-state index >= 15 is 0 Å². The van der Waals surface area contributed by atoms with E-state index in [1.807, 2.05) is 12.1 Å². The van der Waals surface area contributed by atoms with Crippen molar-refractivity contribution in [3.63, 3.8) is 0 Å². The minimum atomic E-state index is 0.265. The predicted octanol–water partition coefficient (Wildman–Crippen LogP) is 11.5. The minimum absolute atomic E-state index is 0.265. The van der Waals surface area contributed by atoms with Gasteiger partial charge < -0.3 is 18.1 Å². The fraction of sp³-hybridized carbons (Fsp3) is 0.0476. The number of hydrogen-bond donors (Lipinski definition) is 0. The van der Waals surface area contributed by atoms with Crippen LogP contribution in [-0.2, 0) is 0 Å². The molecule has 0 amide bonds. The number of allylic oxidation sites excluding steroid dienone is 2. The number of benzene rings is 6. The molecule has 6 aromatic carbocycles. The van der Waals surface area contributed by atoms with Crippen molar-refractivity contribution < 1.29 is 8.83 Å². The summed E-state index contributed by atoms with van der Waals surface area (Å²) in [4.78, 5) is 2.56. The third-order valence-corrected chi connectivity index (χ3v) is 10.6. The minimum Gasteiger partial charge on any atom is -0.454 e. The zero-order valence-electron chi connectivity index (χ0n) is 24.6. The second-order valence-electron chi connectivity index (χ2n) is 12.8. The number of fused-ring (bicyclic) bond motifs is 17. The number of para-hydroxylation sites is 3. The first-order valence-corrected chi connectivity index (χ1v) is 16.0. The van der Waals surface area contributed by atoms with E-state index in [-0.39, 0.29) is 6.04 Å². The molecule has 4 aromatic heterocycles. The quantitative estimate of drug-likeness (QED) is 0.191. The van der Waals surface area contributed by atoms with Gasteiger partial charge in [-0.25, -0.2) is 0 Å². The van der Waals surface area contributed by atoms with Crippen LogP contribution in [0, 0.1) is 0 Å². The van der Waals surface area contributed by atoms with Crippen molar-refractivity contribution in [2.75, 3.05) is 4.90 Å². The van der Waals surface area contributed by atoms with Crippen LogP contribution in [0.3, 0.4) is 0 Å². The topological polar surface area (TPSA) is 33.9 Å². The van der Waals surface area contributed by atoms with Crippen LogP contribution in [-0.4, -0.2) is 10.4 Å². The summed E-state index contributed by atoms with van der Waals surface area (Å²) in [6, 6.07) is 39.7. The highest BCUT2D eigenvalue weighted by atomic mass is 16.3. The summed E-state index contributed by atoms with van der Waals surface area (Å²) in [5.74, 6) is 0. The van der Waals surface area contributed by atoms with E-state index in [2.05, 4.69) is 125 Å². The van der Waals surface area contributed by atoms with Gasteiger partial charge in [0.05, 0.1) is 22.6 Å². The van der Waals surface area contributed by atoms with E-state index in [0.717, 1.165) is 61.3 Å². The highest BCUT2D eigenvalue weighted by Gasteiger charge is 2.35. The van der Waals surface area contributed by atoms with Crippen molar-refractivity contribution in [1.29, 1.82) is 0 Å². The molecule has 1 unspecified atom stereocenters. The van der Waals surface area contributed by atoms with E-state index in [9.17, 15) is 0 Å². The van der Waals surface area contributed by atoms with Crippen LogP contribution in [0.5, 0.6) is 0 Å². The molecule has 0 fully saturated rings. The van der Waals surface area contributed by atoms with Gasteiger partial charge in [0.15, 0.2) is 11.2 Å². The molecule has 4 heteroatoms. The number of rotatable bonds is 1. The van der Waals surface area contributed by atoms with Gasteiger partial charge in [0.2, 0.25) is 0 Å². The van der Waals surface area contributed by atoms with Crippen molar-refractivity contribution >= 4 is 98.9 Å². The molecular weight excluding hydrogens is 564 g/mol. The molecule has 0 saturated carbocycles. The van der Waals surface area contributed by atoms with E-state index < -0.39 is 0 Å². The lowest BCUT2D eigenvalue weighted by Gasteiger charge is -2.28. The number of furan rings is 2. The maximum Gasteiger partial charge on any atom is 0.160 e. The van der Waals surface area contributed by atoms with Crippen molar-refractivity contribution in [3.05, 3.63) is 133 Å². The van der Waals surface area contributed by atoms with Crippen LogP contribution in [0.25, 0.3) is 87.5 Å². The van der Waals surface area contributed by atoms with Gasteiger partial charge in [-0.1, -0.05) is 85.0 Å². The Hall–Kier alpha value is -6.00. The monoisotopic (exact) mass is 588 g/mol. The Morgan fingerprint density at radius 3 is 1.80 bits per heavy atom. The van der Waals surface area contributed by atoms with E-state index in [0.29, 0.717) is 0 Å². The Balaban J connectivity index is 1.29. The largest absolute Gasteiger partial charge is 0.454 e. The Kier molecular flexibility index (Phi) is 4.06. The molecule has 0 bridgehead atoms. The average Bonchev–Trinajstić information content (AvgIpc) is 3.90. The van der Waals surface area contributed by atoms with Gasteiger partial charge in [0.25, 0.3) is 0 Å². The molecule has 12 rings (SSSR count). The van der Waals surface area contributed by atoms with Crippen molar-refractivity contribution in [3.8, 4) is 0 Å². The van der Waals surface area contributed by atoms with Crippen LogP contribution < -0.4 is 4.90 Å². The molecular formula is C42H24N2O2. The second kappa shape index (κ2) is 7.98. The molecule has 10 aromatic rings. The Morgan fingerprint density at radius 2 is 1.13 bits per heavy atom. The molecule has 214 valence electrons. The molecule has 0 saturated heterocycles. The van der Waals surface area contributed by atoms with Gasteiger partial charge in [0.1, 0.15) is 11.2 Å². The zero-order chi connectivity index (χ0) is 29.7. The van der Waals surface area contributed by atoms with Crippen LogP contribution in [0.4, 0.5) is 11.4 Å². The normalized spacial score (nSPS) is 16.4. The van der Waals surface area contributed by atoms with Crippen molar-refractivity contribution in [1.82, 2.24) is 4.40 Å². The van der Waals surface area contributed by atoms with Gasteiger partial charge in [-0.3, -0.25) is 0 Å². The summed E-state index contributed by atoms with van der Waals surface area (Å²) in [5, 5.41) is 9.37. The molecule has 5 heterocycles. The number of anilines is 2. The predicted molar refractivity (Wildman–Crippen MR) is 190 cm³/mol. The van der Waals surface area contributed by atoms with E-state index in [1.165, 1.54) is 49.6 Å². The Labute approximate surface area is 262 Å². The summed E-state index contributed by atoms with van der Waals surface area (Å²) in [5.41, 5.74) is 12.2. The first kappa shape index (κ1) is 23.4. The molecule has 4 nitrogen and oxygen atoms in total. The fourth-order valence-electron chi connectivity index (χ4n) is 8.72. The summed E-state index contributed by atoms with van der Waals surface area (Å²) in [6.45, 7) is 0. The average molecular weight is 589 g/mol. The van der Waals surface area contributed by atoms with Crippen LogP contribution in [0.15, 0.2) is 136 Å². The Morgan fingerprint density at radius 1 is 0.543 bits per heavy atom. The lowest BCUT2D eigenvalue weighted by atomic mass is 9.96. The van der Waals surface area contributed by atoms with Crippen LogP contribution >= 0.6 is 0 Å². The molecule has 1 aliphatic carbocycles. The lowest BCUT2D eigenvalue weighted by Crippen LogP contribution is -2.27. The van der Waals surface area contributed by atoms with Gasteiger partial charge in [-0.05, 0) is 54.5 Å². The van der Waals surface area contributed by atoms with Crippen LogP contribution in [0.1, 0.15) is 12.0 Å².